The molecule has 1 heterocycles. The Kier molecular flexibility index (Phi) is 7.01. The summed E-state index contributed by atoms with van der Waals surface area (Å²) in [5.41, 5.74) is 1.14. The van der Waals surface area contributed by atoms with Crippen molar-refractivity contribution in [1.82, 2.24) is 4.31 Å². The minimum Gasteiger partial charge on any atom is -0.481 e. The van der Waals surface area contributed by atoms with Crippen LogP contribution < -0.4 is 0 Å². The molecule has 1 aliphatic heterocycles. The Labute approximate surface area is 173 Å². The molecule has 0 aromatic heterocycles. The number of carboxylic acid groups (broad SMARTS) is 1. The quantitative estimate of drug-likeness (QED) is 0.662. The molecule has 1 saturated carbocycles. The Hall–Kier alpha value is -1.45. The maximum atomic E-state index is 13.3. The summed E-state index contributed by atoms with van der Waals surface area (Å²) in [4.78, 5) is 11.0. The molecule has 0 bridgehead atoms. The molecule has 0 spiro atoms. The van der Waals surface area contributed by atoms with Crippen LogP contribution in [-0.4, -0.2) is 56.3 Å². The molecule has 1 aromatic rings. The van der Waals surface area contributed by atoms with Crippen molar-refractivity contribution in [3.63, 3.8) is 0 Å². The first-order valence-electron chi connectivity index (χ1n) is 10.2. The highest BCUT2D eigenvalue weighted by Crippen LogP contribution is 2.33. The molecule has 1 aromatic carbocycles. The van der Waals surface area contributed by atoms with Gasteiger partial charge in [0.2, 0.25) is 10.0 Å². The molecule has 7 nitrogen and oxygen atoms in total. The first kappa shape index (κ1) is 22.2. The summed E-state index contributed by atoms with van der Waals surface area (Å²) in [5.74, 6) is -0.784. The van der Waals surface area contributed by atoms with Crippen molar-refractivity contribution in [3.05, 3.63) is 29.8 Å². The summed E-state index contributed by atoms with van der Waals surface area (Å²) in [5, 5.41) is 8.89. The van der Waals surface area contributed by atoms with Gasteiger partial charge in [-0.1, -0.05) is 31.4 Å². The lowest BCUT2D eigenvalue weighted by Gasteiger charge is -2.27. The molecular weight excluding hydrogens is 414 g/mol. The molecule has 3 rings (SSSR count). The van der Waals surface area contributed by atoms with E-state index in [1.54, 1.807) is 12.1 Å². The first-order valence-corrected chi connectivity index (χ1v) is 13.5. The Bertz CT molecular complexity index is 918. The number of benzene rings is 1. The van der Waals surface area contributed by atoms with Crippen molar-refractivity contribution in [2.75, 3.05) is 18.1 Å². The number of carbonyl (C=O) groups is 1. The normalized spacial score (nSPS) is 22.7. The number of hydrogen-bond acceptors (Lipinski definition) is 5. The highest BCUT2D eigenvalue weighted by molar-refractivity contribution is 7.92. The van der Waals surface area contributed by atoms with Gasteiger partial charge < -0.3 is 5.11 Å². The minimum absolute atomic E-state index is 0.000797. The number of nitrogens with zero attached hydrogens (tertiary/aromatic N) is 1. The van der Waals surface area contributed by atoms with Gasteiger partial charge in [0.05, 0.1) is 16.4 Å². The SMILES string of the molecule is O=C(O)CCCN([C@H]1CCS(=O)(=O)C1)S(=O)(=O)c1ccc(C2CCCCC2)cc1. The second kappa shape index (κ2) is 9.14. The van der Waals surface area contributed by atoms with Crippen LogP contribution in [0.25, 0.3) is 0 Å². The Morgan fingerprint density at radius 3 is 2.28 bits per heavy atom. The van der Waals surface area contributed by atoms with Gasteiger partial charge >= 0.3 is 5.97 Å². The molecule has 1 N–H and O–H groups in total. The van der Waals surface area contributed by atoms with Crippen LogP contribution in [0.1, 0.15) is 62.8 Å². The predicted octanol–water partition coefficient (Wildman–Crippen LogP) is 2.78. The Morgan fingerprint density at radius 1 is 1.07 bits per heavy atom. The summed E-state index contributed by atoms with van der Waals surface area (Å²) in [6, 6.07) is 6.30. The highest BCUT2D eigenvalue weighted by Gasteiger charge is 2.38. The van der Waals surface area contributed by atoms with Crippen molar-refractivity contribution >= 4 is 25.8 Å². The second-order valence-corrected chi connectivity index (χ2v) is 12.2. The molecule has 9 heteroatoms. The lowest BCUT2D eigenvalue weighted by Crippen LogP contribution is -2.41. The predicted molar refractivity (Wildman–Crippen MR) is 110 cm³/mol. The zero-order valence-electron chi connectivity index (χ0n) is 16.5. The fourth-order valence-corrected chi connectivity index (χ4v) is 7.89. The maximum absolute atomic E-state index is 13.3. The maximum Gasteiger partial charge on any atom is 0.303 e. The lowest BCUT2D eigenvalue weighted by atomic mass is 9.84. The number of carboxylic acids is 1. The van der Waals surface area contributed by atoms with Gasteiger partial charge in [-0.05, 0) is 49.3 Å². The molecule has 1 saturated heterocycles. The minimum atomic E-state index is -3.90. The molecule has 0 radical (unpaired) electrons. The third-order valence-corrected chi connectivity index (χ3v) is 9.66. The van der Waals surface area contributed by atoms with Crippen molar-refractivity contribution < 1.29 is 26.7 Å². The topological polar surface area (TPSA) is 109 Å². The smallest absolute Gasteiger partial charge is 0.303 e. The van der Waals surface area contributed by atoms with Crippen LogP contribution in [0.2, 0.25) is 0 Å². The summed E-state index contributed by atoms with van der Waals surface area (Å²) >= 11 is 0. The van der Waals surface area contributed by atoms with Gasteiger partial charge in [0.25, 0.3) is 0 Å². The van der Waals surface area contributed by atoms with E-state index in [-0.39, 0.29) is 42.2 Å². The van der Waals surface area contributed by atoms with E-state index in [2.05, 4.69) is 0 Å². The van der Waals surface area contributed by atoms with Gasteiger partial charge in [-0.2, -0.15) is 4.31 Å². The van der Waals surface area contributed by atoms with Crippen molar-refractivity contribution in [2.24, 2.45) is 0 Å². The van der Waals surface area contributed by atoms with E-state index in [0.717, 1.165) is 18.4 Å². The summed E-state index contributed by atoms with van der Waals surface area (Å²) in [7, 11) is -7.17. The molecule has 1 atom stereocenters. The average Bonchev–Trinajstić information content (AvgIpc) is 3.05. The van der Waals surface area contributed by atoms with E-state index in [0.29, 0.717) is 5.92 Å². The molecule has 29 heavy (non-hydrogen) atoms. The monoisotopic (exact) mass is 443 g/mol. The van der Waals surface area contributed by atoms with Crippen LogP contribution in [0.5, 0.6) is 0 Å². The van der Waals surface area contributed by atoms with Crippen LogP contribution >= 0.6 is 0 Å². The van der Waals surface area contributed by atoms with Crippen LogP contribution in [0.15, 0.2) is 29.2 Å². The number of aliphatic carboxylic acids is 1. The van der Waals surface area contributed by atoms with Gasteiger partial charge in [-0.3, -0.25) is 4.79 Å². The highest BCUT2D eigenvalue weighted by atomic mass is 32.2. The number of rotatable bonds is 8. The second-order valence-electron chi connectivity index (χ2n) is 8.07. The largest absolute Gasteiger partial charge is 0.481 e. The van der Waals surface area contributed by atoms with Crippen LogP contribution in [0.4, 0.5) is 0 Å². The Morgan fingerprint density at radius 2 is 1.72 bits per heavy atom. The van der Waals surface area contributed by atoms with Gasteiger partial charge in [0.1, 0.15) is 0 Å². The number of sulfone groups is 1. The molecule has 2 aliphatic rings. The van der Waals surface area contributed by atoms with Gasteiger partial charge in [-0.25, -0.2) is 16.8 Å². The van der Waals surface area contributed by atoms with E-state index in [4.69, 9.17) is 5.11 Å². The zero-order chi connectivity index (χ0) is 21.1. The number of sulfonamides is 1. The summed E-state index contributed by atoms with van der Waals surface area (Å²) in [6.45, 7) is -0.000797. The molecule has 162 valence electrons. The average molecular weight is 444 g/mol. The molecule has 0 amide bonds. The molecular formula is C20H29NO6S2. The van der Waals surface area contributed by atoms with Crippen LogP contribution in [0, 0.1) is 0 Å². The first-order chi connectivity index (χ1) is 13.7. The molecule has 2 fully saturated rings. The zero-order valence-corrected chi connectivity index (χ0v) is 18.1. The van der Waals surface area contributed by atoms with E-state index in [1.165, 1.54) is 23.6 Å². The summed E-state index contributed by atoms with van der Waals surface area (Å²) in [6.07, 6.45) is 6.10. The van der Waals surface area contributed by atoms with E-state index < -0.39 is 31.9 Å². The van der Waals surface area contributed by atoms with Crippen molar-refractivity contribution in [2.45, 2.75) is 68.2 Å². The van der Waals surface area contributed by atoms with Gasteiger partial charge in [-0.15, -0.1) is 0 Å². The molecule has 1 aliphatic carbocycles. The summed E-state index contributed by atoms with van der Waals surface area (Å²) < 4.78 is 51.5. The van der Waals surface area contributed by atoms with Crippen molar-refractivity contribution in [3.8, 4) is 0 Å². The third kappa shape index (κ3) is 5.58. The van der Waals surface area contributed by atoms with Crippen LogP contribution in [0.3, 0.4) is 0 Å². The van der Waals surface area contributed by atoms with Gasteiger partial charge in [0, 0.05) is 19.0 Å². The van der Waals surface area contributed by atoms with Crippen LogP contribution in [-0.2, 0) is 24.7 Å². The third-order valence-electron chi connectivity index (χ3n) is 5.95. The standard InChI is InChI=1S/C20H29NO6S2/c22-20(23)7-4-13-21(18-12-14-28(24,25)15-18)29(26,27)19-10-8-17(9-11-19)16-5-2-1-3-6-16/h8-11,16,18H,1-7,12-15H2,(H,22,23)/t18-/m0/s1. The fraction of sp³-hybridized carbons (Fsp3) is 0.650. The van der Waals surface area contributed by atoms with E-state index in [9.17, 15) is 21.6 Å². The van der Waals surface area contributed by atoms with Crippen molar-refractivity contribution in [1.29, 1.82) is 0 Å². The van der Waals surface area contributed by atoms with E-state index in [1.807, 2.05) is 12.1 Å². The molecule has 0 unspecified atom stereocenters. The number of hydrogen-bond donors (Lipinski definition) is 1. The lowest BCUT2D eigenvalue weighted by molar-refractivity contribution is -0.137. The van der Waals surface area contributed by atoms with Gasteiger partial charge in [0.15, 0.2) is 9.84 Å². The van der Waals surface area contributed by atoms with E-state index >= 15 is 0 Å². The fourth-order valence-electron chi connectivity index (χ4n) is 4.37. The Balaban J connectivity index is 1.81.